The van der Waals surface area contributed by atoms with Crippen molar-refractivity contribution in [2.75, 3.05) is 43.9 Å². The van der Waals surface area contributed by atoms with Crippen LogP contribution >= 0.6 is 0 Å². The quantitative estimate of drug-likeness (QED) is 0.770. The Kier molecular flexibility index (Phi) is 3.29. The minimum atomic E-state index is 0.826. The van der Waals surface area contributed by atoms with Crippen molar-refractivity contribution in [1.82, 2.24) is 9.88 Å². The van der Waals surface area contributed by atoms with Crippen molar-refractivity contribution in [3.8, 4) is 0 Å². The van der Waals surface area contributed by atoms with Crippen molar-refractivity contribution < 1.29 is 0 Å². The van der Waals surface area contributed by atoms with E-state index in [1.165, 1.54) is 6.42 Å². The van der Waals surface area contributed by atoms with E-state index in [0.29, 0.717) is 0 Å². The van der Waals surface area contributed by atoms with Gasteiger partial charge in [-0.25, -0.2) is 4.98 Å². The van der Waals surface area contributed by atoms with Gasteiger partial charge in [0.1, 0.15) is 0 Å². The first-order valence-electron chi connectivity index (χ1n) is 5.83. The summed E-state index contributed by atoms with van der Waals surface area (Å²) in [6.45, 7) is 6.32. The Morgan fingerprint density at radius 3 is 2.88 bits per heavy atom. The van der Waals surface area contributed by atoms with Crippen LogP contribution in [0, 0.1) is 6.92 Å². The monoisotopic (exact) mass is 220 g/mol. The number of hydrogen-bond donors (Lipinski definition) is 1. The zero-order valence-corrected chi connectivity index (χ0v) is 10.1. The molecule has 0 atom stereocenters. The molecule has 0 bridgehead atoms. The number of nitrogens with zero attached hydrogens (tertiary/aromatic N) is 3. The third kappa shape index (κ3) is 2.27. The largest absolute Gasteiger partial charge is 0.396 e. The maximum atomic E-state index is 6.08. The second-order valence-electron chi connectivity index (χ2n) is 4.51. The van der Waals surface area contributed by atoms with E-state index in [0.717, 1.165) is 43.2 Å². The first kappa shape index (κ1) is 11.2. The van der Waals surface area contributed by atoms with Gasteiger partial charge in [0, 0.05) is 25.8 Å². The smallest absolute Gasteiger partial charge is 0.152 e. The van der Waals surface area contributed by atoms with E-state index in [4.69, 9.17) is 5.73 Å². The highest BCUT2D eigenvalue weighted by Crippen LogP contribution is 2.23. The van der Waals surface area contributed by atoms with Crippen molar-refractivity contribution in [2.24, 2.45) is 0 Å². The third-order valence-corrected chi connectivity index (χ3v) is 3.21. The van der Waals surface area contributed by atoms with E-state index in [2.05, 4.69) is 21.8 Å². The molecule has 2 heterocycles. The van der Waals surface area contributed by atoms with Crippen LogP contribution in [-0.4, -0.2) is 43.1 Å². The SMILES string of the molecule is Cc1ccnc(N2CCCN(C)CC2)c1N. The molecule has 0 amide bonds. The predicted octanol–water partition coefficient (Wildman–Crippen LogP) is 1.11. The molecule has 1 saturated heterocycles. The minimum Gasteiger partial charge on any atom is -0.396 e. The number of rotatable bonds is 1. The zero-order valence-electron chi connectivity index (χ0n) is 10.1. The molecule has 0 spiro atoms. The molecule has 0 radical (unpaired) electrons. The molecule has 0 saturated carbocycles. The molecule has 1 fully saturated rings. The summed E-state index contributed by atoms with van der Waals surface area (Å²) < 4.78 is 0. The topological polar surface area (TPSA) is 45.4 Å². The van der Waals surface area contributed by atoms with E-state index in [1.54, 1.807) is 0 Å². The van der Waals surface area contributed by atoms with Gasteiger partial charge in [-0.1, -0.05) is 0 Å². The maximum Gasteiger partial charge on any atom is 0.152 e. The van der Waals surface area contributed by atoms with Crippen molar-refractivity contribution in [3.63, 3.8) is 0 Å². The summed E-state index contributed by atoms with van der Waals surface area (Å²) in [6.07, 6.45) is 3.02. The molecule has 2 N–H and O–H groups in total. The normalized spacial score (nSPS) is 18.5. The highest BCUT2D eigenvalue weighted by atomic mass is 15.2. The lowest BCUT2D eigenvalue weighted by molar-refractivity contribution is 0.360. The summed E-state index contributed by atoms with van der Waals surface area (Å²) in [7, 11) is 2.16. The fourth-order valence-electron chi connectivity index (χ4n) is 2.07. The second kappa shape index (κ2) is 4.70. The Bertz CT molecular complexity index is 364. The fourth-order valence-corrected chi connectivity index (χ4v) is 2.07. The first-order valence-corrected chi connectivity index (χ1v) is 5.83. The predicted molar refractivity (Wildman–Crippen MR) is 67.7 cm³/mol. The van der Waals surface area contributed by atoms with Crippen LogP contribution in [0.3, 0.4) is 0 Å². The van der Waals surface area contributed by atoms with E-state index >= 15 is 0 Å². The molecule has 2 rings (SSSR count). The highest BCUT2D eigenvalue weighted by molar-refractivity contribution is 5.66. The average Bonchev–Trinajstić information content (AvgIpc) is 2.47. The van der Waals surface area contributed by atoms with Gasteiger partial charge in [0.05, 0.1) is 5.69 Å². The summed E-state index contributed by atoms with van der Waals surface area (Å²) in [6, 6.07) is 1.96. The molecular formula is C12H20N4. The van der Waals surface area contributed by atoms with Crippen molar-refractivity contribution in [2.45, 2.75) is 13.3 Å². The van der Waals surface area contributed by atoms with E-state index in [-0.39, 0.29) is 0 Å². The number of likely N-dealkylation sites (N-methyl/N-ethyl adjacent to an activating group) is 1. The van der Waals surface area contributed by atoms with Crippen molar-refractivity contribution >= 4 is 11.5 Å². The lowest BCUT2D eigenvalue weighted by Crippen LogP contribution is -2.30. The first-order chi connectivity index (χ1) is 7.68. The summed E-state index contributed by atoms with van der Waals surface area (Å²) in [5.74, 6) is 0.954. The lowest BCUT2D eigenvalue weighted by Gasteiger charge is -2.23. The van der Waals surface area contributed by atoms with E-state index < -0.39 is 0 Å². The summed E-state index contributed by atoms with van der Waals surface area (Å²) in [4.78, 5) is 9.06. The molecule has 0 aromatic carbocycles. The van der Waals surface area contributed by atoms with Gasteiger partial charge in [0.15, 0.2) is 5.82 Å². The minimum absolute atomic E-state index is 0.826. The van der Waals surface area contributed by atoms with Crippen LogP contribution in [0.1, 0.15) is 12.0 Å². The second-order valence-corrected chi connectivity index (χ2v) is 4.51. The number of hydrogen-bond acceptors (Lipinski definition) is 4. The Balaban J connectivity index is 2.20. The van der Waals surface area contributed by atoms with E-state index in [1.807, 2.05) is 19.2 Å². The number of pyridine rings is 1. The number of aryl methyl sites for hydroxylation is 1. The zero-order chi connectivity index (χ0) is 11.5. The van der Waals surface area contributed by atoms with Gasteiger partial charge in [0.2, 0.25) is 0 Å². The Morgan fingerprint density at radius 2 is 2.06 bits per heavy atom. The van der Waals surface area contributed by atoms with Gasteiger partial charge in [-0.2, -0.15) is 0 Å². The third-order valence-electron chi connectivity index (χ3n) is 3.21. The molecule has 4 nitrogen and oxygen atoms in total. The number of aromatic nitrogens is 1. The Labute approximate surface area is 97.1 Å². The van der Waals surface area contributed by atoms with Crippen LogP contribution in [0.5, 0.6) is 0 Å². The van der Waals surface area contributed by atoms with Gasteiger partial charge in [-0.15, -0.1) is 0 Å². The van der Waals surface area contributed by atoms with Crippen LogP contribution in [0.2, 0.25) is 0 Å². The molecule has 1 aromatic rings. The van der Waals surface area contributed by atoms with Gasteiger partial charge < -0.3 is 15.5 Å². The van der Waals surface area contributed by atoms with Gasteiger partial charge in [-0.3, -0.25) is 0 Å². The van der Waals surface area contributed by atoms with Crippen LogP contribution < -0.4 is 10.6 Å². The number of nitrogen functional groups attached to an aromatic ring is 1. The molecule has 4 heteroatoms. The summed E-state index contributed by atoms with van der Waals surface area (Å²) >= 11 is 0. The standard InChI is InChI=1S/C12H20N4/c1-10-4-5-14-12(11(10)13)16-7-3-6-15(2)8-9-16/h4-5H,3,6-9,13H2,1-2H3. The maximum absolute atomic E-state index is 6.08. The molecule has 0 aliphatic carbocycles. The van der Waals surface area contributed by atoms with Gasteiger partial charge in [0.25, 0.3) is 0 Å². The van der Waals surface area contributed by atoms with Crippen LogP contribution in [0.25, 0.3) is 0 Å². The molecule has 0 unspecified atom stereocenters. The summed E-state index contributed by atoms with van der Waals surface area (Å²) in [5.41, 5.74) is 8.02. The molecule has 1 aliphatic rings. The molecular weight excluding hydrogens is 200 g/mol. The van der Waals surface area contributed by atoms with Crippen molar-refractivity contribution in [3.05, 3.63) is 17.8 Å². The lowest BCUT2D eigenvalue weighted by atomic mass is 10.2. The van der Waals surface area contributed by atoms with Gasteiger partial charge >= 0.3 is 0 Å². The molecule has 16 heavy (non-hydrogen) atoms. The molecule has 1 aliphatic heterocycles. The number of nitrogens with two attached hydrogens (primary N) is 1. The van der Waals surface area contributed by atoms with E-state index in [9.17, 15) is 0 Å². The van der Waals surface area contributed by atoms with Crippen molar-refractivity contribution in [1.29, 1.82) is 0 Å². The van der Waals surface area contributed by atoms with Crippen LogP contribution in [0.15, 0.2) is 12.3 Å². The molecule has 1 aromatic heterocycles. The average molecular weight is 220 g/mol. The molecule has 88 valence electrons. The van der Waals surface area contributed by atoms with Gasteiger partial charge in [-0.05, 0) is 38.6 Å². The Morgan fingerprint density at radius 1 is 1.25 bits per heavy atom. The fraction of sp³-hybridized carbons (Fsp3) is 0.583. The van der Waals surface area contributed by atoms with Crippen LogP contribution in [-0.2, 0) is 0 Å². The number of anilines is 2. The highest BCUT2D eigenvalue weighted by Gasteiger charge is 2.16. The summed E-state index contributed by atoms with van der Waals surface area (Å²) in [5, 5.41) is 0. The van der Waals surface area contributed by atoms with Crippen LogP contribution in [0.4, 0.5) is 11.5 Å². The Hall–Kier alpha value is -1.29.